The maximum Gasteiger partial charge on any atom is 0.341 e. The number of furan rings is 1. The largest absolute Gasteiger partial charge is 0.465 e. The molecule has 0 aliphatic carbocycles. The molecule has 2 heterocycles. The van der Waals surface area contributed by atoms with Gasteiger partial charge in [-0.3, -0.25) is 4.79 Å². The summed E-state index contributed by atoms with van der Waals surface area (Å²) in [6.07, 6.45) is 0.737. The normalized spacial score (nSPS) is 14.8. The fourth-order valence-corrected chi connectivity index (χ4v) is 4.87. The summed E-state index contributed by atoms with van der Waals surface area (Å²) in [5.74, 6) is 0.366. The summed E-state index contributed by atoms with van der Waals surface area (Å²) >= 11 is 0. The molecule has 1 aliphatic rings. The van der Waals surface area contributed by atoms with Crippen LogP contribution in [0.15, 0.2) is 39.6 Å². The molecule has 0 N–H and O–H groups in total. The number of hydrogen-bond acceptors (Lipinski definition) is 7. The summed E-state index contributed by atoms with van der Waals surface area (Å²) in [5.41, 5.74) is 1.21. The molecule has 1 saturated heterocycles. The molecule has 1 amide bonds. The van der Waals surface area contributed by atoms with E-state index < -0.39 is 16.0 Å². The standard InChI is InChI=1S/C22H28N2O7S/c1-16-20(22(26)29-3)14-18(31-16)15-23(2)21(25)9-6-17-4-7-19(8-5-17)32(27,28)24-10-12-30-13-11-24/h4-5,7-8,14H,6,9-13,15H2,1-3H3. The van der Waals surface area contributed by atoms with Gasteiger partial charge in [-0.2, -0.15) is 4.31 Å². The topological polar surface area (TPSA) is 106 Å². The van der Waals surface area contributed by atoms with Gasteiger partial charge in [0.25, 0.3) is 0 Å². The number of carbonyl (C=O) groups is 2. The number of sulfonamides is 1. The highest BCUT2D eigenvalue weighted by atomic mass is 32.2. The number of rotatable bonds is 8. The van der Waals surface area contributed by atoms with E-state index in [0.29, 0.717) is 49.8 Å². The van der Waals surface area contributed by atoms with Crippen molar-refractivity contribution in [2.45, 2.75) is 31.2 Å². The molecule has 0 radical (unpaired) electrons. The van der Waals surface area contributed by atoms with Crippen LogP contribution in [0.2, 0.25) is 0 Å². The number of methoxy groups -OCH3 is 1. The number of amides is 1. The molecular weight excluding hydrogens is 436 g/mol. The zero-order chi connectivity index (χ0) is 23.3. The van der Waals surface area contributed by atoms with E-state index in [1.165, 1.54) is 16.3 Å². The quantitative estimate of drug-likeness (QED) is 0.550. The van der Waals surface area contributed by atoms with Gasteiger partial charge in [-0.15, -0.1) is 0 Å². The van der Waals surface area contributed by atoms with Gasteiger partial charge in [0.1, 0.15) is 17.1 Å². The van der Waals surface area contributed by atoms with Crippen LogP contribution in [0.25, 0.3) is 0 Å². The zero-order valence-electron chi connectivity index (χ0n) is 18.5. The highest BCUT2D eigenvalue weighted by Gasteiger charge is 2.26. The van der Waals surface area contributed by atoms with E-state index in [1.807, 2.05) is 0 Å². The lowest BCUT2D eigenvalue weighted by atomic mass is 10.1. The Labute approximate surface area is 187 Å². The minimum atomic E-state index is -3.53. The molecule has 0 spiro atoms. The van der Waals surface area contributed by atoms with Crippen molar-refractivity contribution in [3.63, 3.8) is 0 Å². The van der Waals surface area contributed by atoms with E-state index in [1.54, 1.807) is 44.3 Å². The summed E-state index contributed by atoms with van der Waals surface area (Å²) in [5, 5.41) is 0. The van der Waals surface area contributed by atoms with Crippen LogP contribution < -0.4 is 0 Å². The third-order valence-electron chi connectivity index (χ3n) is 5.35. The average Bonchev–Trinajstić information content (AvgIpc) is 3.17. The van der Waals surface area contributed by atoms with Crippen molar-refractivity contribution < 1.29 is 31.9 Å². The molecular formula is C22H28N2O7S. The Morgan fingerprint density at radius 1 is 1.16 bits per heavy atom. The second kappa shape index (κ2) is 10.3. The van der Waals surface area contributed by atoms with E-state index >= 15 is 0 Å². The van der Waals surface area contributed by atoms with E-state index in [2.05, 4.69) is 0 Å². The van der Waals surface area contributed by atoms with E-state index in [9.17, 15) is 18.0 Å². The smallest absolute Gasteiger partial charge is 0.341 e. The maximum absolute atomic E-state index is 12.7. The molecule has 1 aromatic heterocycles. The van der Waals surface area contributed by atoms with Gasteiger partial charge in [-0.1, -0.05) is 12.1 Å². The summed E-state index contributed by atoms with van der Waals surface area (Å²) in [7, 11) is -0.570. The Morgan fingerprint density at radius 2 is 1.81 bits per heavy atom. The van der Waals surface area contributed by atoms with Crippen molar-refractivity contribution in [2.75, 3.05) is 40.5 Å². The van der Waals surface area contributed by atoms with E-state index in [4.69, 9.17) is 13.9 Å². The van der Waals surface area contributed by atoms with Gasteiger partial charge in [0.2, 0.25) is 15.9 Å². The van der Waals surface area contributed by atoms with Crippen LogP contribution in [0.1, 0.15) is 33.9 Å². The first-order valence-corrected chi connectivity index (χ1v) is 11.7. The predicted molar refractivity (Wildman–Crippen MR) is 116 cm³/mol. The van der Waals surface area contributed by atoms with Crippen LogP contribution in [-0.4, -0.2) is 70.0 Å². The molecule has 32 heavy (non-hydrogen) atoms. The molecule has 3 rings (SSSR count). The van der Waals surface area contributed by atoms with Gasteiger partial charge in [-0.05, 0) is 37.1 Å². The predicted octanol–water partition coefficient (Wildman–Crippen LogP) is 1.99. The van der Waals surface area contributed by atoms with Crippen LogP contribution >= 0.6 is 0 Å². The number of esters is 1. The van der Waals surface area contributed by atoms with Crippen molar-refractivity contribution in [1.29, 1.82) is 0 Å². The molecule has 0 unspecified atom stereocenters. The Morgan fingerprint density at radius 3 is 2.44 bits per heavy atom. The van der Waals surface area contributed by atoms with Crippen LogP contribution in [0.5, 0.6) is 0 Å². The van der Waals surface area contributed by atoms with Gasteiger partial charge in [0.05, 0.1) is 31.8 Å². The highest BCUT2D eigenvalue weighted by molar-refractivity contribution is 7.89. The first-order chi connectivity index (χ1) is 15.2. The third-order valence-corrected chi connectivity index (χ3v) is 7.26. The van der Waals surface area contributed by atoms with Gasteiger partial charge in [-0.25, -0.2) is 13.2 Å². The Bertz CT molecular complexity index is 1050. The van der Waals surface area contributed by atoms with Crippen molar-refractivity contribution in [2.24, 2.45) is 0 Å². The molecule has 0 bridgehead atoms. The summed E-state index contributed by atoms with van der Waals surface area (Å²) < 4.78 is 42.3. The number of hydrogen-bond donors (Lipinski definition) is 0. The SMILES string of the molecule is COC(=O)c1cc(CN(C)C(=O)CCc2ccc(S(=O)(=O)N3CCOCC3)cc2)oc1C. The Kier molecular flexibility index (Phi) is 7.70. The summed E-state index contributed by atoms with van der Waals surface area (Å²) in [4.78, 5) is 26.0. The van der Waals surface area contributed by atoms with Crippen molar-refractivity contribution >= 4 is 21.9 Å². The fourth-order valence-electron chi connectivity index (χ4n) is 3.46. The average molecular weight is 465 g/mol. The number of aryl methyl sites for hydroxylation is 2. The highest BCUT2D eigenvalue weighted by Crippen LogP contribution is 2.19. The first kappa shape index (κ1) is 24.0. The fraction of sp³-hybridized carbons (Fsp3) is 0.455. The monoisotopic (exact) mass is 464 g/mol. The van der Waals surface area contributed by atoms with Crippen LogP contribution in [-0.2, 0) is 37.3 Å². The lowest BCUT2D eigenvalue weighted by Gasteiger charge is -2.26. The van der Waals surface area contributed by atoms with E-state index in [0.717, 1.165) is 5.56 Å². The molecule has 174 valence electrons. The molecule has 0 atom stereocenters. The Balaban J connectivity index is 1.55. The molecule has 1 aromatic carbocycles. The summed E-state index contributed by atoms with van der Waals surface area (Å²) in [6, 6.07) is 8.21. The number of nitrogens with zero attached hydrogens (tertiary/aromatic N) is 2. The minimum Gasteiger partial charge on any atom is -0.465 e. The van der Waals surface area contributed by atoms with Crippen LogP contribution in [0, 0.1) is 6.92 Å². The van der Waals surface area contributed by atoms with Crippen molar-refractivity contribution in [3.8, 4) is 0 Å². The zero-order valence-corrected chi connectivity index (χ0v) is 19.3. The van der Waals surface area contributed by atoms with Crippen LogP contribution in [0.4, 0.5) is 0 Å². The number of carbonyl (C=O) groups excluding carboxylic acids is 2. The number of benzene rings is 1. The molecule has 1 aliphatic heterocycles. The van der Waals surface area contributed by atoms with Gasteiger partial charge < -0.3 is 18.8 Å². The molecule has 0 saturated carbocycles. The van der Waals surface area contributed by atoms with E-state index in [-0.39, 0.29) is 23.8 Å². The lowest BCUT2D eigenvalue weighted by molar-refractivity contribution is -0.130. The number of morpholine rings is 1. The second-order valence-corrected chi connectivity index (χ2v) is 9.52. The molecule has 1 fully saturated rings. The van der Waals surface area contributed by atoms with Gasteiger partial charge >= 0.3 is 5.97 Å². The molecule has 10 heteroatoms. The Hall–Kier alpha value is -2.69. The van der Waals surface area contributed by atoms with Gasteiger partial charge in [0.15, 0.2) is 0 Å². The minimum absolute atomic E-state index is 0.0938. The number of ether oxygens (including phenoxy) is 2. The first-order valence-electron chi connectivity index (χ1n) is 10.3. The lowest BCUT2D eigenvalue weighted by Crippen LogP contribution is -2.40. The third kappa shape index (κ3) is 5.56. The maximum atomic E-state index is 12.7. The second-order valence-electron chi connectivity index (χ2n) is 7.58. The van der Waals surface area contributed by atoms with Crippen molar-refractivity contribution in [1.82, 2.24) is 9.21 Å². The van der Waals surface area contributed by atoms with Crippen molar-refractivity contribution in [3.05, 3.63) is 53.0 Å². The van der Waals surface area contributed by atoms with Gasteiger partial charge in [0, 0.05) is 26.6 Å². The molecule has 9 nitrogen and oxygen atoms in total. The van der Waals surface area contributed by atoms with Crippen LogP contribution in [0.3, 0.4) is 0 Å². The molecule has 2 aromatic rings. The summed E-state index contributed by atoms with van der Waals surface area (Å²) in [6.45, 7) is 3.39.